The van der Waals surface area contributed by atoms with Crippen LogP contribution < -0.4 is 5.32 Å². The van der Waals surface area contributed by atoms with Gasteiger partial charge in [-0.1, -0.05) is 25.5 Å². The molecule has 0 radical (unpaired) electrons. The van der Waals surface area contributed by atoms with E-state index in [1.54, 1.807) is 32.9 Å². The molecule has 1 rings (SSSR count). The van der Waals surface area contributed by atoms with Crippen molar-refractivity contribution in [2.24, 2.45) is 0 Å². The molecule has 0 bridgehead atoms. The second-order valence-electron chi connectivity index (χ2n) is 8.44. The Balaban J connectivity index is 2.37. The van der Waals surface area contributed by atoms with Gasteiger partial charge < -0.3 is 5.32 Å². The normalized spacial score (nSPS) is 13.2. The third-order valence-corrected chi connectivity index (χ3v) is 7.60. The van der Waals surface area contributed by atoms with Gasteiger partial charge >= 0.3 is 0 Å². The third-order valence-electron chi connectivity index (χ3n) is 4.91. The molecule has 6 heteroatoms. The van der Waals surface area contributed by atoms with Crippen LogP contribution in [-0.2, 0) is 21.1 Å². The van der Waals surface area contributed by atoms with Crippen LogP contribution in [0.15, 0.2) is 24.3 Å². The SMILES string of the molecule is CCC(C)NC(=O)c1ccc(CC(=O)CCCCCS(=O)(=O)C(C)(C)C)cc1. The number of hydrogen-bond donors (Lipinski definition) is 1. The smallest absolute Gasteiger partial charge is 0.251 e. The molecular formula is C22H35NO4S. The summed E-state index contributed by atoms with van der Waals surface area (Å²) in [5, 5.41) is 2.92. The Hall–Kier alpha value is -1.69. The molecule has 1 N–H and O–H groups in total. The lowest BCUT2D eigenvalue weighted by atomic mass is 10.0. The molecule has 28 heavy (non-hydrogen) atoms. The number of nitrogens with one attached hydrogen (secondary N) is 1. The molecule has 0 saturated heterocycles. The summed E-state index contributed by atoms with van der Waals surface area (Å²) in [5.41, 5.74) is 1.48. The minimum Gasteiger partial charge on any atom is -0.350 e. The number of hydrogen-bond acceptors (Lipinski definition) is 4. The van der Waals surface area contributed by atoms with E-state index in [-0.39, 0.29) is 23.5 Å². The fraction of sp³-hybridized carbons (Fsp3) is 0.636. The number of rotatable bonds is 11. The minimum absolute atomic E-state index is 0.0996. The molecule has 0 heterocycles. The number of unbranched alkanes of at least 4 members (excludes halogenated alkanes) is 2. The van der Waals surface area contributed by atoms with Gasteiger partial charge in [-0.2, -0.15) is 0 Å². The van der Waals surface area contributed by atoms with Gasteiger partial charge in [0.25, 0.3) is 5.91 Å². The summed E-state index contributed by atoms with van der Waals surface area (Å²) in [4.78, 5) is 24.2. The second kappa shape index (κ2) is 10.7. The second-order valence-corrected chi connectivity index (χ2v) is 11.3. The lowest BCUT2D eigenvalue weighted by molar-refractivity contribution is -0.118. The summed E-state index contributed by atoms with van der Waals surface area (Å²) in [5.74, 6) is 0.207. The van der Waals surface area contributed by atoms with Gasteiger partial charge in [-0.3, -0.25) is 9.59 Å². The van der Waals surface area contributed by atoms with E-state index < -0.39 is 14.6 Å². The van der Waals surface area contributed by atoms with Crippen LogP contribution in [0, 0.1) is 0 Å². The number of Topliss-reactive ketones (excluding diaryl/α,β-unsaturated/α-hetero) is 1. The zero-order chi connectivity index (χ0) is 21.4. The zero-order valence-electron chi connectivity index (χ0n) is 17.9. The summed E-state index contributed by atoms with van der Waals surface area (Å²) < 4.78 is 23.4. The van der Waals surface area contributed by atoms with Crippen LogP contribution in [0.3, 0.4) is 0 Å². The monoisotopic (exact) mass is 409 g/mol. The van der Waals surface area contributed by atoms with Crippen molar-refractivity contribution in [3.05, 3.63) is 35.4 Å². The Morgan fingerprint density at radius 1 is 1.04 bits per heavy atom. The van der Waals surface area contributed by atoms with Gasteiger partial charge in [0.05, 0.1) is 10.5 Å². The topological polar surface area (TPSA) is 80.3 Å². The van der Waals surface area contributed by atoms with Crippen LogP contribution in [0.5, 0.6) is 0 Å². The van der Waals surface area contributed by atoms with Crippen molar-refractivity contribution in [2.45, 2.75) is 83.9 Å². The van der Waals surface area contributed by atoms with Gasteiger partial charge in [-0.05, 0) is 64.7 Å². The van der Waals surface area contributed by atoms with Gasteiger partial charge in [-0.25, -0.2) is 8.42 Å². The molecule has 1 aromatic rings. The third kappa shape index (κ3) is 8.13. The Kier molecular flexibility index (Phi) is 9.34. The highest BCUT2D eigenvalue weighted by molar-refractivity contribution is 7.92. The van der Waals surface area contributed by atoms with Gasteiger partial charge in [0.15, 0.2) is 9.84 Å². The predicted molar refractivity (Wildman–Crippen MR) is 114 cm³/mol. The van der Waals surface area contributed by atoms with Gasteiger partial charge in [0.1, 0.15) is 5.78 Å². The van der Waals surface area contributed by atoms with Crippen molar-refractivity contribution in [3.63, 3.8) is 0 Å². The predicted octanol–water partition coefficient (Wildman–Crippen LogP) is 4.10. The van der Waals surface area contributed by atoms with Crippen molar-refractivity contribution in [1.82, 2.24) is 5.32 Å². The van der Waals surface area contributed by atoms with E-state index in [9.17, 15) is 18.0 Å². The van der Waals surface area contributed by atoms with Gasteiger partial charge in [-0.15, -0.1) is 0 Å². The average Bonchev–Trinajstić information content (AvgIpc) is 2.60. The Bertz CT molecular complexity index is 746. The lowest BCUT2D eigenvalue weighted by Crippen LogP contribution is -2.31. The molecule has 5 nitrogen and oxygen atoms in total. The standard InChI is InChI=1S/C22H35NO4S/c1-6-17(2)23-21(25)19-13-11-18(12-14-19)16-20(24)10-8-7-9-15-28(26,27)22(3,4)5/h11-14,17H,6-10,15-16H2,1-5H3,(H,23,25). The quantitative estimate of drug-likeness (QED) is 0.558. The largest absolute Gasteiger partial charge is 0.350 e. The van der Waals surface area contributed by atoms with Crippen LogP contribution >= 0.6 is 0 Å². The number of amides is 1. The highest BCUT2D eigenvalue weighted by Gasteiger charge is 2.27. The molecule has 1 atom stereocenters. The van der Waals surface area contributed by atoms with E-state index >= 15 is 0 Å². The first kappa shape index (κ1) is 24.3. The molecule has 1 amide bonds. The molecular weight excluding hydrogens is 374 g/mol. The van der Waals surface area contributed by atoms with E-state index in [1.807, 2.05) is 26.0 Å². The number of ketones is 1. The summed E-state index contributed by atoms with van der Waals surface area (Å²) in [6.45, 7) is 9.12. The number of carbonyl (C=O) groups excluding carboxylic acids is 2. The molecule has 0 aromatic heterocycles. The van der Waals surface area contributed by atoms with Crippen LogP contribution in [0.4, 0.5) is 0 Å². The van der Waals surface area contributed by atoms with E-state index in [4.69, 9.17) is 0 Å². The highest BCUT2D eigenvalue weighted by atomic mass is 32.2. The molecule has 158 valence electrons. The summed E-state index contributed by atoms with van der Waals surface area (Å²) in [6, 6.07) is 7.26. The summed E-state index contributed by atoms with van der Waals surface area (Å²) in [7, 11) is -3.09. The van der Waals surface area contributed by atoms with Crippen molar-refractivity contribution in [1.29, 1.82) is 0 Å². The highest BCUT2D eigenvalue weighted by Crippen LogP contribution is 2.18. The number of carbonyl (C=O) groups is 2. The van der Waals surface area contributed by atoms with Crippen molar-refractivity contribution in [3.8, 4) is 0 Å². The molecule has 0 spiro atoms. The summed E-state index contributed by atoms with van der Waals surface area (Å²) >= 11 is 0. The van der Waals surface area contributed by atoms with E-state index in [1.165, 1.54) is 0 Å². The fourth-order valence-electron chi connectivity index (χ4n) is 2.60. The zero-order valence-corrected chi connectivity index (χ0v) is 18.7. The molecule has 0 aliphatic rings. The molecule has 0 saturated carbocycles. The number of sulfone groups is 1. The first-order valence-electron chi connectivity index (χ1n) is 10.1. The Morgan fingerprint density at radius 3 is 2.18 bits per heavy atom. The molecule has 0 aliphatic heterocycles. The lowest BCUT2D eigenvalue weighted by Gasteiger charge is -2.18. The Morgan fingerprint density at radius 2 is 1.64 bits per heavy atom. The first-order chi connectivity index (χ1) is 13.0. The first-order valence-corrected chi connectivity index (χ1v) is 11.8. The van der Waals surface area contributed by atoms with Crippen LogP contribution in [0.25, 0.3) is 0 Å². The molecule has 1 unspecified atom stereocenters. The minimum atomic E-state index is -3.09. The van der Waals surface area contributed by atoms with Crippen LogP contribution in [0.1, 0.15) is 82.6 Å². The van der Waals surface area contributed by atoms with Crippen molar-refractivity contribution >= 4 is 21.5 Å². The van der Waals surface area contributed by atoms with Gasteiger partial charge in [0, 0.05) is 24.4 Å². The molecule has 0 fully saturated rings. The Labute approximate surface area is 170 Å². The maximum atomic E-state index is 12.1. The summed E-state index contributed by atoms with van der Waals surface area (Å²) in [6.07, 6.45) is 3.69. The van der Waals surface area contributed by atoms with E-state index in [0.717, 1.165) is 18.4 Å². The van der Waals surface area contributed by atoms with Crippen molar-refractivity contribution in [2.75, 3.05) is 5.75 Å². The van der Waals surface area contributed by atoms with Crippen LogP contribution in [-0.4, -0.2) is 36.6 Å². The average molecular weight is 410 g/mol. The van der Waals surface area contributed by atoms with E-state index in [0.29, 0.717) is 31.2 Å². The fourth-order valence-corrected chi connectivity index (χ4v) is 3.79. The maximum absolute atomic E-state index is 12.1. The van der Waals surface area contributed by atoms with E-state index in [2.05, 4.69) is 5.32 Å². The number of benzene rings is 1. The molecule has 1 aromatic carbocycles. The van der Waals surface area contributed by atoms with Crippen LogP contribution in [0.2, 0.25) is 0 Å². The van der Waals surface area contributed by atoms with Gasteiger partial charge in [0.2, 0.25) is 0 Å². The van der Waals surface area contributed by atoms with Crippen molar-refractivity contribution < 1.29 is 18.0 Å². The maximum Gasteiger partial charge on any atom is 0.251 e. The molecule has 0 aliphatic carbocycles.